The molecule has 1 atom stereocenters. The highest BCUT2D eigenvalue weighted by Gasteiger charge is 1.99. The molecule has 8 heavy (non-hydrogen) atoms. The lowest BCUT2D eigenvalue weighted by Crippen LogP contribution is -2.09. The molecule has 0 aromatic carbocycles. The number of carbonyl (C=O) groups excluding carboxylic acids is 1. The topological polar surface area (TPSA) is 26.3 Å². The van der Waals surface area contributed by atoms with Crippen LogP contribution in [-0.2, 0) is 9.53 Å². The Hall–Kier alpha value is -0.530. The van der Waals surface area contributed by atoms with Crippen LogP contribution in [0.1, 0.15) is 20.3 Å². The number of esters is 1. The number of rotatable bonds is 2. The van der Waals surface area contributed by atoms with Crippen molar-refractivity contribution in [2.45, 2.75) is 26.4 Å². The van der Waals surface area contributed by atoms with Gasteiger partial charge in [-0.05, 0) is 13.8 Å². The molecule has 0 spiro atoms. The van der Waals surface area contributed by atoms with Gasteiger partial charge in [-0.15, -0.1) is 0 Å². The molecule has 1 unspecified atom stereocenters. The maximum atomic E-state index is 10.4. The van der Waals surface area contributed by atoms with Crippen LogP contribution in [0.2, 0.25) is 0 Å². The first-order chi connectivity index (χ1) is 3.66. The fourth-order valence-corrected chi connectivity index (χ4v) is 0.308. The molecular formula is C6H11O2. The Morgan fingerprint density at radius 2 is 2.38 bits per heavy atom. The fourth-order valence-electron chi connectivity index (χ4n) is 0.308. The summed E-state index contributed by atoms with van der Waals surface area (Å²) in [6, 6.07) is 0. The van der Waals surface area contributed by atoms with E-state index in [1.54, 1.807) is 13.8 Å². The van der Waals surface area contributed by atoms with Gasteiger partial charge in [-0.2, -0.15) is 0 Å². The van der Waals surface area contributed by atoms with Gasteiger partial charge in [0.1, 0.15) is 0 Å². The lowest BCUT2D eigenvalue weighted by atomic mass is 10.4. The average Bonchev–Trinajstić information content (AvgIpc) is 1.65. The second-order valence-corrected chi connectivity index (χ2v) is 1.65. The van der Waals surface area contributed by atoms with Crippen LogP contribution in [-0.4, -0.2) is 12.1 Å². The van der Waals surface area contributed by atoms with E-state index in [1.807, 2.05) is 0 Å². The largest absolute Gasteiger partial charge is 0.463 e. The average molecular weight is 115 g/mol. The van der Waals surface area contributed by atoms with Crippen LogP contribution in [0.15, 0.2) is 0 Å². The third kappa shape index (κ3) is 3.65. The van der Waals surface area contributed by atoms with Gasteiger partial charge in [0.25, 0.3) is 0 Å². The lowest BCUT2D eigenvalue weighted by molar-refractivity contribution is -0.145. The molecule has 47 valence electrons. The van der Waals surface area contributed by atoms with Crippen molar-refractivity contribution in [3.05, 3.63) is 6.92 Å². The predicted molar refractivity (Wildman–Crippen MR) is 31.2 cm³/mol. The molecule has 0 aliphatic heterocycles. The molecule has 0 aromatic rings. The van der Waals surface area contributed by atoms with Crippen molar-refractivity contribution in [1.82, 2.24) is 0 Å². The van der Waals surface area contributed by atoms with E-state index < -0.39 is 0 Å². The van der Waals surface area contributed by atoms with E-state index in [2.05, 4.69) is 11.7 Å². The minimum atomic E-state index is -0.220. The van der Waals surface area contributed by atoms with Crippen molar-refractivity contribution in [3.8, 4) is 0 Å². The van der Waals surface area contributed by atoms with E-state index >= 15 is 0 Å². The molecule has 0 saturated carbocycles. The van der Waals surface area contributed by atoms with E-state index in [1.165, 1.54) is 0 Å². The van der Waals surface area contributed by atoms with Crippen molar-refractivity contribution in [2.75, 3.05) is 0 Å². The highest BCUT2D eigenvalue weighted by atomic mass is 16.5. The molecule has 0 aliphatic rings. The molecule has 2 heteroatoms. The Balaban J connectivity index is 3.25. The molecule has 0 heterocycles. The maximum absolute atomic E-state index is 10.4. The van der Waals surface area contributed by atoms with Crippen LogP contribution in [0.25, 0.3) is 0 Å². The molecule has 0 amide bonds. The van der Waals surface area contributed by atoms with Gasteiger partial charge in [-0.1, -0.05) is 6.92 Å². The van der Waals surface area contributed by atoms with Crippen molar-refractivity contribution < 1.29 is 9.53 Å². The summed E-state index contributed by atoms with van der Waals surface area (Å²) in [5.41, 5.74) is 0. The summed E-state index contributed by atoms with van der Waals surface area (Å²) in [5, 5.41) is 0. The van der Waals surface area contributed by atoms with E-state index in [4.69, 9.17) is 0 Å². The minimum absolute atomic E-state index is 0.187. The molecular weight excluding hydrogens is 104 g/mol. The summed E-state index contributed by atoms with van der Waals surface area (Å²) in [7, 11) is 0. The maximum Gasteiger partial charge on any atom is 0.305 e. The molecule has 0 rings (SSSR count). The van der Waals surface area contributed by atoms with Gasteiger partial charge >= 0.3 is 5.97 Å². The van der Waals surface area contributed by atoms with Crippen LogP contribution in [0.3, 0.4) is 0 Å². The monoisotopic (exact) mass is 115 g/mol. The number of ether oxygens (including phenoxy) is 1. The van der Waals surface area contributed by atoms with Gasteiger partial charge in [0.15, 0.2) is 0 Å². The van der Waals surface area contributed by atoms with Crippen LogP contribution >= 0.6 is 0 Å². The van der Waals surface area contributed by atoms with Crippen molar-refractivity contribution in [2.24, 2.45) is 0 Å². The van der Waals surface area contributed by atoms with Crippen LogP contribution in [0, 0.1) is 6.92 Å². The summed E-state index contributed by atoms with van der Waals surface area (Å²) in [6.45, 7) is 6.97. The highest BCUT2D eigenvalue weighted by Crippen LogP contribution is 1.90. The molecule has 0 aromatic heterocycles. The summed E-state index contributed by atoms with van der Waals surface area (Å²) >= 11 is 0. The molecule has 1 radical (unpaired) electrons. The van der Waals surface area contributed by atoms with Crippen molar-refractivity contribution in [1.29, 1.82) is 0 Å². The molecule has 0 bridgehead atoms. The van der Waals surface area contributed by atoms with E-state index in [0.29, 0.717) is 6.42 Å². The standard InChI is InChI=1S/C6H11O2/c1-4-6(7)8-5(2)3/h5H,2,4H2,1,3H3. The number of hydrogen-bond acceptors (Lipinski definition) is 2. The van der Waals surface area contributed by atoms with Gasteiger partial charge < -0.3 is 4.74 Å². The zero-order valence-corrected chi connectivity index (χ0v) is 5.31. The number of hydrogen-bond donors (Lipinski definition) is 0. The quantitative estimate of drug-likeness (QED) is 0.505. The van der Waals surface area contributed by atoms with Gasteiger partial charge in [-0.25, -0.2) is 0 Å². The van der Waals surface area contributed by atoms with Gasteiger partial charge in [-0.3, -0.25) is 4.79 Å². The summed E-state index contributed by atoms with van der Waals surface area (Å²) in [6.07, 6.45) is 0.210. The molecule has 0 aliphatic carbocycles. The molecule has 0 fully saturated rings. The molecule has 0 N–H and O–H groups in total. The van der Waals surface area contributed by atoms with Crippen LogP contribution in [0.5, 0.6) is 0 Å². The Labute approximate surface area is 49.8 Å². The summed E-state index contributed by atoms with van der Waals surface area (Å²) < 4.78 is 4.65. The normalized spacial score (nSPS) is 9.50. The Morgan fingerprint density at radius 1 is 1.88 bits per heavy atom. The fraction of sp³-hybridized carbons (Fsp3) is 0.667. The van der Waals surface area contributed by atoms with Crippen LogP contribution in [0.4, 0.5) is 0 Å². The highest BCUT2D eigenvalue weighted by molar-refractivity contribution is 5.69. The van der Waals surface area contributed by atoms with Crippen LogP contribution < -0.4 is 0 Å². The Morgan fingerprint density at radius 3 is 2.50 bits per heavy atom. The second-order valence-electron chi connectivity index (χ2n) is 1.65. The lowest BCUT2D eigenvalue weighted by Gasteiger charge is -2.04. The second kappa shape index (κ2) is 3.47. The van der Waals surface area contributed by atoms with E-state index in [0.717, 1.165) is 0 Å². The SMILES string of the molecule is [CH2]C(C)OC(=O)CC. The summed E-state index contributed by atoms with van der Waals surface area (Å²) in [4.78, 5) is 10.4. The first kappa shape index (κ1) is 7.47. The first-order valence-electron chi connectivity index (χ1n) is 2.69. The summed E-state index contributed by atoms with van der Waals surface area (Å²) in [5.74, 6) is -0.187. The Kier molecular flexibility index (Phi) is 3.24. The minimum Gasteiger partial charge on any atom is -0.463 e. The third-order valence-corrected chi connectivity index (χ3v) is 0.621. The van der Waals surface area contributed by atoms with E-state index in [9.17, 15) is 4.79 Å². The van der Waals surface area contributed by atoms with Gasteiger partial charge in [0.05, 0.1) is 6.10 Å². The van der Waals surface area contributed by atoms with Crippen molar-refractivity contribution >= 4 is 5.97 Å². The first-order valence-corrected chi connectivity index (χ1v) is 2.69. The van der Waals surface area contributed by atoms with Gasteiger partial charge in [0, 0.05) is 6.42 Å². The third-order valence-electron chi connectivity index (χ3n) is 0.621. The molecule has 0 saturated heterocycles. The zero-order chi connectivity index (χ0) is 6.57. The zero-order valence-electron chi connectivity index (χ0n) is 5.31. The van der Waals surface area contributed by atoms with E-state index in [-0.39, 0.29) is 12.1 Å². The van der Waals surface area contributed by atoms with Gasteiger partial charge in [0.2, 0.25) is 0 Å². The van der Waals surface area contributed by atoms with Crippen molar-refractivity contribution in [3.63, 3.8) is 0 Å². The smallest absolute Gasteiger partial charge is 0.305 e. The number of carbonyl (C=O) groups is 1. The Bertz CT molecular complexity index is 76.6. The predicted octanol–water partition coefficient (Wildman–Crippen LogP) is 1.16. The molecule has 2 nitrogen and oxygen atoms in total.